The van der Waals surface area contributed by atoms with Crippen LogP contribution in [0.3, 0.4) is 0 Å². The maximum atomic E-state index is 12.0. The van der Waals surface area contributed by atoms with Gasteiger partial charge in [0.05, 0.1) is 5.56 Å². The van der Waals surface area contributed by atoms with E-state index in [1.807, 2.05) is 13.0 Å². The van der Waals surface area contributed by atoms with Crippen LogP contribution in [0.1, 0.15) is 15.9 Å². The molecule has 0 aliphatic heterocycles. The Balaban J connectivity index is 2.24. The Kier molecular flexibility index (Phi) is 4.04. The molecule has 0 heterocycles. The minimum Gasteiger partial charge on any atom is -0.423 e. The van der Waals surface area contributed by atoms with Gasteiger partial charge in [0, 0.05) is 9.50 Å². The molecule has 92 valence electrons. The predicted octanol–water partition coefficient (Wildman–Crippen LogP) is 4.63. The highest BCUT2D eigenvalue weighted by Crippen LogP contribution is 2.24. The SMILES string of the molecule is Cc1cc(Cl)ccc1OC(=O)c1ccccc1Br. The Labute approximate surface area is 119 Å². The molecule has 0 aromatic heterocycles. The molecule has 0 amide bonds. The fraction of sp³-hybridized carbons (Fsp3) is 0.0714. The van der Waals surface area contributed by atoms with Gasteiger partial charge in [-0.3, -0.25) is 0 Å². The number of rotatable bonds is 2. The fourth-order valence-corrected chi connectivity index (χ4v) is 2.18. The van der Waals surface area contributed by atoms with Gasteiger partial charge in [0.15, 0.2) is 0 Å². The first-order valence-corrected chi connectivity index (χ1v) is 6.48. The van der Waals surface area contributed by atoms with Crippen LogP contribution in [0.4, 0.5) is 0 Å². The van der Waals surface area contributed by atoms with E-state index in [9.17, 15) is 4.79 Å². The second-order valence-electron chi connectivity index (χ2n) is 3.78. The van der Waals surface area contributed by atoms with Crippen molar-refractivity contribution in [3.05, 3.63) is 63.1 Å². The number of benzene rings is 2. The van der Waals surface area contributed by atoms with Gasteiger partial charge in [0.1, 0.15) is 5.75 Å². The van der Waals surface area contributed by atoms with Crippen LogP contribution in [0.2, 0.25) is 5.02 Å². The van der Waals surface area contributed by atoms with Crippen LogP contribution in [0, 0.1) is 6.92 Å². The molecule has 0 spiro atoms. The molecule has 0 bridgehead atoms. The zero-order valence-electron chi connectivity index (χ0n) is 9.61. The molecule has 4 heteroatoms. The van der Waals surface area contributed by atoms with E-state index in [4.69, 9.17) is 16.3 Å². The summed E-state index contributed by atoms with van der Waals surface area (Å²) in [6.07, 6.45) is 0. The van der Waals surface area contributed by atoms with Crippen molar-refractivity contribution < 1.29 is 9.53 Å². The van der Waals surface area contributed by atoms with Crippen LogP contribution in [0.25, 0.3) is 0 Å². The van der Waals surface area contributed by atoms with E-state index in [0.29, 0.717) is 20.8 Å². The molecule has 18 heavy (non-hydrogen) atoms. The molecule has 0 unspecified atom stereocenters. The Morgan fingerprint density at radius 2 is 1.94 bits per heavy atom. The molecule has 2 rings (SSSR count). The van der Waals surface area contributed by atoms with Crippen LogP contribution in [-0.2, 0) is 0 Å². The molecule has 2 aromatic rings. The van der Waals surface area contributed by atoms with Gasteiger partial charge in [-0.15, -0.1) is 0 Å². The average Bonchev–Trinajstić information content (AvgIpc) is 2.33. The van der Waals surface area contributed by atoms with Gasteiger partial charge < -0.3 is 4.74 Å². The molecule has 0 aliphatic carbocycles. The minimum atomic E-state index is -0.395. The van der Waals surface area contributed by atoms with E-state index in [1.165, 1.54) is 0 Å². The number of ether oxygens (including phenoxy) is 1. The van der Waals surface area contributed by atoms with E-state index >= 15 is 0 Å². The number of hydrogen-bond acceptors (Lipinski definition) is 2. The zero-order valence-corrected chi connectivity index (χ0v) is 12.0. The molecule has 0 radical (unpaired) electrons. The molecule has 2 aromatic carbocycles. The molecule has 2 nitrogen and oxygen atoms in total. The summed E-state index contributed by atoms with van der Waals surface area (Å²) < 4.78 is 6.05. The summed E-state index contributed by atoms with van der Waals surface area (Å²) in [4.78, 5) is 12.0. The first kappa shape index (κ1) is 13.1. The zero-order chi connectivity index (χ0) is 13.1. The monoisotopic (exact) mass is 324 g/mol. The van der Waals surface area contributed by atoms with Gasteiger partial charge in [-0.2, -0.15) is 0 Å². The van der Waals surface area contributed by atoms with Crippen LogP contribution in [-0.4, -0.2) is 5.97 Å². The van der Waals surface area contributed by atoms with Crippen LogP contribution in [0.5, 0.6) is 5.75 Å². The van der Waals surface area contributed by atoms with E-state index in [0.717, 1.165) is 5.56 Å². The van der Waals surface area contributed by atoms with Crippen molar-refractivity contribution in [1.29, 1.82) is 0 Å². The number of esters is 1. The molecular formula is C14H10BrClO2. The highest BCUT2D eigenvalue weighted by molar-refractivity contribution is 9.10. The second-order valence-corrected chi connectivity index (χ2v) is 5.07. The second kappa shape index (κ2) is 5.55. The van der Waals surface area contributed by atoms with Crippen molar-refractivity contribution in [2.24, 2.45) is 0 Å². The quantitative estimate of drug-likeness (QED) is 0.594. The van der Waals surface area contributed by atoms with Crippen molar-refractivity contribution in [3.63, 3.8) is 0 Å². The smallest absolute Gasteiger partial charge is 0.344 e. The van der Waals surface area contributed by atoms with Crippen LogP contribution in [0.15, 0.2) is 46.9 Å². The first-order valence-electron chi connectivity index (χ1n) is 5.31. The highest BCUT2D eigenvalue weighted by Gasteiger charge is 2.13. The molecular weight excluding hydrogens is 316 g/mol. The minimum absolute atomic E-state index is 0.395. The van der Waals surface area contributed by atoms with E-state index < -0.39 is 5.97 Å². The molecule has 0 saturated carbocycles. The highest BCUT2D eigenvalue weighted by atomic mass is 79.9. The largest absolute Gasteiger partial charge is 0.423 e. The molecule has 0 atom stereocenters. The Morgan fingerprint density at radius 1 is 1.22 bits per heavy atom. The van der Waals surface area contributed by atoms with Gasteiger partial charge in [0.25, 0.3) is 0 Å². The molecule has 0 N–H and O–H groups in total. The lowest BCUT2D eigenvalue weighted by molar-refractivity contribution is 0.0732. The average molecular weight is 326 g/mol. The summed E-state index contributed by atoms with van der Waals surface area (Å²) in [5.74, 6) is 0.119. The number of carbonyl (C=O) groups excluding carboxylic acids is 1. The Hall–Kier alpha value is -1.32. The third-order valence-corrected chi connectivity index (χ3v) is 3.36. The van der Waals surface area contributed by atoms with Gasteiger partial charge in [0.2, 0.25) is 0 Å². The Bertz CT molecular complexity index is 596. The molecule has 0 fully saturated rings. The van der Waals surface area contributed by atoms with Gasteiger partial charge >= 0.3 is 5.97 Å². The maximum absolute atomic E-state index is 12.0. The number of halogens is 2. The lowest BCUT2D eigenvalue weighted by atomic mass is 10.2. The van der Waals surface area contributed by atoms with Crippen molar-refractivity contribution in [1.82, 2.24) is 0 Å². The first-order chi connectivity index (χ1) is 8.58. The summed E-state index contributed by atoms with van der Waals surface area (Å²) in [5, 5.41) is 0.619. The Morgan fingerprint density at radius 3 is 2.61 bits per heavy atom. The van der Waals surface area contributed by atoms with Gasteiger partial charge in [-0.05, 0) is 58.7 Å². The number of hydrogen-bond donors (Lipinski definition) is 0. The van der Waals surface area contributed by atoms with E-state index in [1.54, 1.807) is 36.4 Å². The summed E-state index contributed by atoms with van der Waals surface area (Å²) in [6, 6.07) is 12.3. The number of carbonyl (C=O) groups is 1. The lowest BCUT2D eigenvalue weighted by Crippen LogP contribution is -2.09. The van der Waals surface area contributed by atoms with Crippen LogP contribution >= 0.6 is 27.5 Å². The number of aryl methyl sites for hydroxylation is 1. The fourth-order valence-electron chi connectivity index (χ4n) is 1.51. The van der Waals surface area contributed by atoms with Crippen molar-refractivity contribution in [3.8, 4) is 5.75 Å². The van der Waals surface area contributed by atoms with Gasteiger partial charge in [-0.25, -0.2) is 4.79 Å². The lowest BCUT2D eigenvalue weighted by Gasteiger charge is -2.08. The normalized spacial score (nSPS) is 10.2. The predicted molar refractivity (Wildman–Crippen MR) is 75.3 cm³/mol. The van der Waals surface area contributed by atoms with Gasteiger partial charge in [-0.1, -0.05) is 23.7 Å². The third kappa shape index (κ3) is 2.92. The topological polar surface area (TPSA) is 26.3 Å². The van der Waals surface area contributed by atoms with E-state index in [-0.39, 0.29) is 0 Å². The summed E-state index contributed by atoms with van der Waals surface area (Å²) in [5.41, 5.74) is 1.31. The van der Waals surface area contributed by atoms with Crippen molar-refractivity contribution >= 4 is 33.5 Å². The summed E-state index contributed by atoms with van der Waals surface area (Å²) in [7, 11) is 0. The maximum Gasteiger partial charge on any atom is 0.344 e. The summed E-state index contributed by atoms with van der Waals surface area (Å²) >= 11 is 9.17. The van der Waals surface area contributed by atoms with Crippen molar-refractivity contribution in [2.45, 2.75) is 6.92 Å². The standard InChI is InChI=1S/C14H10BrClO2/c1-9-8-10(16)6-7-13(9)18-14(17)11-4-2-3-5-12(11)15/h2-8H,1H3. The molecule has 0 saturated heterocycles. The van der Waals surface area contributed by atoms with Crippen molar-refractivity contribution in [2.75, 3.05) is 0 Å². The van der Waals surface area contributed by atoms with Crippen LogP contribution < -0.4 is 4.74 Å². The third-order valence-electron chi connectivity index (χ3n) is 2.43. The van der Waals surface area contributed by atoms with E-state index in [2.05, 4.69) is 15.9 Å². The molecule has 0 aliphatic rings. The summed E-state index contributed by atoms with van der Waals surface area (Å²) in [6.45, 7) is 1.84.